The molecule has 1 fully saturated rings. The SMILES string of the molecule is CC/C=C/C=C/C=C/CCCCCCCCC(O)C(=O)NC(COC1OC(CO)C(O)C(O)C1OC(=O)CCCCCCCCCCCCCCCCCCCCCCCCCCC)C(O)/C=C/CCCCCCCCCCCC. The van der Waals surface area contributed by atoms with Gasteiger partial charge in [-0.15, -0.1) is 0 Å². The molecule has 8 unspecified atom stereocenters. The van der Waals surface area contributed by atoms with Crippen molar-refractivity contribution in [2.45, 2.75) is 365 Å². The van der Waals surface area contributed by atoms with E-state index in [4.69, 9.17) is 14.2 Å². The Hall–Kier alpha value is -2.38. The maximum absolute atomic E-state index is 13.4. The second-order valence-corrected chi connectivity index (χ2v) is 23.6. The topological polar surface area (TPSA) is 175 Å². The van der Waals surface area contributed by atoms with Crippen LogP contribution in [0.3, 0.4) is 0 Å². The molecule has 0 radical (unpaired) electrons. The van der Waals surface area contributed by atoms with Crippen LogP contribution in [0.1, 0.15) is 316 Å². The Morgan fingerprint density at radius 2 is 0.900 bits per heavy atom. The number of esters is 1. The zero-order valence-corrected chi connectivity index (χ0v) is 52.0. The van der Waals surface area contributed by atoms with E-state index >= 15 is 0 Å². The molecule has 468 valence electrons. The lowest BCUT2D eigenvalue weighted by Crippen LogP contribution is -2.61. The quantitative estimate of drug-likeness (QED) is 0.0149. The van der Waals surface area contributed by atoms with Gasteiger partial charge < -0.3 is 45.1 Å². The average Bonchev–Trinajstić information content (AvgIpc) is 3.46. The van der Waals surface area contributed by atoms with Gasteiger partial charge in [-0.25, -0.2) is 0 Å². The highest BCUT2D eigenvalue weighted by Crippen LogP contribution is 2.26. The van der Waals surface area contributed by atoms with Crippen molar-refractivity contribution in [1.29, 1.82) is 0 Å². The van der Waals surface area contributed by atoms with Gasteiger partial charge in [0.25, 0.3) is 0 Å². The van der Waals surface area contributed by atoms with Gasteiger partial charge in [0.05, 0.1) is 25.4 Å². The third-order valence-corrected chi connectivity index (χ3v) is 16.1. The van der Waals surface area contributed by atoms with E-state index < -0.39 is 67.4 Å². The number of hydrogen-bond acceptors (Lipinski definition) is 10. The summed E-state index contributed by atoms with van der Waals surface area (Å²) in [4.78, 5) is 26.6. The Bertz CT molecular complexity index is 1490. The van der Waals surface area contributed by atoms with Crippen LogP contribution < -0.4 is 5.32 Å². The monoisotopic (exact) mass is 1130 g/mol. The third kappa shape index (κ3) is 44.2. The molecule has 1 amide bonds. The number of nitrogens with one attached hydrogen (secondary N) is 1. The summed E-state index contributed by atoms with van der Waals surface area (Å²) < 4.78 is 17.7. The minimum absolute atomic E-state index is 0.126. The maximum atomic E-state index is 13.4. The number of carbonyl (C=O) groups is 2. The van der Waals surface area contributed by atoms with Crippen LogP contribution in [-0.2, 0) is 23.8 Å². The van der Waals surface area contributed by atoms with Gasteiger partial charge in [0, 0.05) is 6.42 Å². The number of aliphatic hydroxyl groups excluding tert-OH is 5. The fourth-order valence-electron chi connectivity index (χ4n) is 10.7. The molecule has 0 aromatic rings. The molecular formula is C69H127NO10. The summed E-state index contributed by atoms with van der Waals surface area (Å²) in [6, 6.07) is -1.03. The Kier molecular flexibility index (Phi) is 54.0. The zero-order valence-electron chi connectivity index (χ0n) is 52.0. The van der Waals surface area contributed by atoms with Crippen LogP contribution >= 0.6 is 0 Å². The van der Waals surface area contributed by atoms with Crippen molar-refractivity contribution in [1.82, 2.24) is 5.32 Å². The van der Waals surface area contributed by atoms with Gasteiger partial charge >= 0.3 is 5.97 Å². The molecule has 11 nitrogen and oxygen atoms in total. The van der Waals surface area contributed by atoms with Crippen molar-refractivity contribution in [2.75, 3.05) is 13.2 Å². The average molecular weight is 1130 g/mol. The Morgan fingerprint density at radius 3 is 1.34 bits per heavy atom. The predicted molar refractivity (Wildman–Crippen MR) is 334 cm³/mol. The molecule has 80 heavy (non-hydrogen) atoms. The number of unbranched alkanes of at least 4 members (excludes halogenated alkanes) is 40. The van der Waals surface area contributed by atoms with Crippen LogP contribution in [0.5, 0.6) is 0 Å². The van der Waals surface area contributed by atoms with Gasteiger partial charge in [-0.2, -0.15) is 0 Å². The first-order valence-electron chi connectivity index (χ1n) is 33.9. The van der Waals surface area contributed by atoms with Crippen molar-refractivity contribution in [3.05, 3.63) is 48.6 Å². The molecule has 1 aliphatic rings. The number of carbonyl (C=O) groups excluding carboxylic acids is 2. The molecule has 8 atom stereocenters. The van der Waals surface area contributed by atoms with Gasteiger partial charge in [0.2, 0.25) is 5.91 Å². The zero-order chi connectivity index (χ0) is 58.2. The Labute approximate surface area is 491 Å². The van der Waals surface area contributed by atoms with Gasteiger partial charge in [-0.05, 0) is 44.9 Å². The first-order chi connectivity index (χ1) is 39.2. The highest BCUT2D eigenvalue weighted by atomic mass is 16.7. The molecule has 0 bridgehead atoms. The lowest BCUT2D eigenvalue weighted by molar-refractivity contribution is -0.305. The van der Waals surface area contributed by atoms with E-state index in [0.717, 1.165) is 83.5 Å². The van der Waals surface area contributed by atoms with Gasteiger partial charge in [0.1, 0.15) is 24.4 Å². The van der Waals surface area contributed by atoms with Crippen molar-refractivity contribution in [2.24, 2.45) is 0 Å². The lowest BCUT2D eigenvalue weighted by Gasteiger charge is -2.41. The first kappa shape index (κ1) is 75.6. The summed E-state index contributed by atoms with van der Waals surface area (Å²) in [6.07, 6.45) is 60.2. The van der Waals surface area contributed by atoms with Gasteiger partial charge in [0.15, 0.2) is 12.4 Å². The van der Waals surface area contributed by atoms with Crippen molar-refractivity contribution in [3.8, 4) is 0 Å². The summed E-state index contributed by atoms with van der Waals surface area (Å²) in [6.45, 7) is 5.68. The number of aliphatic hydroxyl groups is 5. The number of ether oxygens (including phenoxy) is 3. The van der Waals surface area contributed by atoms with Crippen molar-refractivity contribution >= 4 is 11.9 Å². The maximum Gasteiger partial charge on any atom is 0.306 e. The molecule has 0 spiro atoms. The fraction of sp³-hybridized carbons (Fsp3) is 0.855. The van der Waals surface area contributed by atoms with Crippen molar-refractivity contribution in [3.63, 3.8) is 0 Å². The third-order valence-electron chi connectivity index (χ3n) is 16.1. The molecule has 1 aliphatic heterocycles. The lowest BCUT2D eigenvalue weighted by atomic mass is 9.99. The van der Waals surface area contributed by atoms with E-state index in [1.807, 2.05) is 12.2 Å². The number of amides is 1. The van der Waals surface area contributed by atoms with Crippen LogP contribution in [0, 0.1) is 0 Å². The molecule has 6 N–H and O–H groups in total. The largest absolute Gasteiger partial charge is 0.454 e. The minimum Gasteiger partial charge on any atom is -0.454 e. The second kappa shape index (κ2) is 57.1. The van der Waals surface area contributed by atoms with Gasteiger partial charge in [-0.1, -0.05) is 313 Å². The molecular weight excluding hydrogens is 1000 g/mol. The molecule has 1 saturated heterocycles. The second-order valence-electron chi connectivity index (χ2n) is 23.6. The van der Waals surface area contributed by atoms with Crippen LogP contribution in [0.25, 0.3) is 0 Å². The van der Waals surface area contributed by atoms with Crippen LogP contribution in [0.2, 0.25) is 0 Å². The Balaban J connectivity index is 2.55. The van der Waals surface area contributed by atoms with Crippen molar-refractivity contribution < 1.29 is 49.3 Å². The normalized spacial score (nSPS) is 19.0. The van der Waals surface area contributed by atoms with Crippen LogP contribution in [0.4, 0.5) is 0 Å². The minimum atomic E-state index is -1.61. The van der Waals surface area contributed by atoms with E-state index in [0.29, 0.717) is 12.8 Å². The smallest absolute Gasteiger partial charge is 0.306 e. The van der Waals surface area contributed by atoms with Gasteiger partial charge in [-0.3, -0.25) is 9.59 Å². The van der Waals surface area contributed by atoms with Crippen LogP contribution in [-0.4, -0.2) is 99.6 Å². The number of hydrogen-bond donors (Lipinski definition) is 6. The summed E-state index contributed by atoms with van der Waals surface area (Å²) in [5.41, 5.74) is 0. The molecule has 0 aromatic carbocycles. The first-order valence-corrected chi connectivity index (χ1v) is 33.9. The fourth-order valence-corrected chi connectivity index (χ4v) is 10.7. The molecule has 1 heterocycles. The standard InChI is InChI=1S/C69H127NO10/c1-4-7-10-13-16-19-22-25-27-28-29-30-31-32-33-34-35-36-37-39-42-45-48-51-54-57-64(74)80-67-66(76)65(75)63(58-71)79-69(67)78-59-60(61(72)55-52-49-46-43-40-24-21-18-15-12-9-6-3)70-68(77)62(73)56-53-50-47-44-41-38-26-23-20-17-14-11-8-5-2/h8,11,14,17,20,23,52,55,60-63,65-67,69,71-73,75-76H,4-7,9-10,12-13,15-16,18-19,21-22,24-51,53-54,56-59H2,1-3H3,(H,70,77)/b11-8+,17-14+,23-20+,55-52+. The molecule has 0 aromatic heterocycles. The van der Waals surface area contributed by atoms with E-state index in [1.165, 1.54) is 186 Å². The predicted octanol–water partition coefficient (Wildman–Crippen LogP) is 16.8. The highest BCUT2D eigenvalue weighted by molar-refractivity contribution is 5.80. The summed E-state index contributed by atoms with van der Waals surface area (Å²) in [7, 11) is 0. The summed E-state index contributed by atoms with van der Waals surface area (Å²) in [5.74, 6) is -1.20. The number of allylic oxidation sites excluding steroid dienone is 7. The molecule has 0 aliphatic carbocycles. The van der Waals surface area contributed by atoms with E-state index in [1.54, 1.807) is 6.08 Å². The Morgan fingerprint density at radius 1 is 0.500 bits per heavy atom. The summed E-state index contributed by atoms with van der Waals surface area (Å²) in [5, 5.41) is 57.1. The molecule has 0 saturated carbocycles. The number of rotatable bonds is 58. The van der Waals surface area contributed by atoms with E-state index in [-0.39, 0.29) is 19.4 Å². The van der Waals surface area contributed by atoms with E-state index in [2.05, 4.69) is 56.5 Å². The van der Waals surface area contributed by atoms with E-state index in [9.17, 15) is 35.1 Å². The molecule has 11 heteroatoms. The highest BCUT2D eigenvalue weighted by Gasteiger charge is 2.47. The molecule has 1 rings (SSSR count). The van der Waals surface area contributed by atoms with Crippen LogP contribution in [0.15, 0.2) is 48.6 Å². The summed E-state index contributed by atoms with van der Waals surface area (Å²) >= 11 is 0.